The second-order valence-corrected chi connectivity index (χ2v) is 6.70. The summed E-state index contributed by atoms with van der Waals surface area (Å²) in [7, 11) is 1.54. The standard InChI is InChI=1S/C17H18F3N7O/c1-28-13-5-6-27-14(25-26-16(27)24-13)10-3-2-4-12(7-10)23-15-21-8-11(9-22-15)17(18,19)20/h5-6,8-10,12H,2-4,7H2,1H3,(H,21,22,23)/t10-,12+/m0/s1. The number of hydrogen-bond acceptors (Lipinski definition) is 7. The predicted octanol–water partition coefficient (Wildman–Crippen LogP) is 3.08. The summed E-state index contributed by atoms with van der Waals surface area (Å²) in [4.78, 5) is 11.9. The molecule has 1 N–H and O–H groups in total. The van der Waals surface area contributed by atoms with E-state index in [1.807, 2.05) is 10.6 Å². The maximum atomic E-state index is 12.6. The van der Waals surface area contributed by atoms with Crippen LogP contribution < -0.4 is 10.1 Å². The minimum atomic E-state index is -4.44. The summed E-state index contributed by atoms with van der Waals surface area (Å²) in [5.74, 6) is 2.08. The molecular formula is C17H18F3N7O. The molecular weight excluding hydrogens is 375 g/mol. The van der Waals surface area contributed by atoms with Crippen molar-refractivity contribution in [2.24, 2.45) is 0 Å². The van der Waals surface area contributed by atoms with Gasteiger partial charge in [0.2, 0.25) is 11.8 Å². The minimum Gasteiger partial charge on any atom is -0.481 e. The van der Waals surface area contributed by atoms with Crippen LogP contribution in [0.3, 0.4) is 0 Å². The molecule has 1 fully saturated rings. The van der Waals surface area contributed by atoms with E-state index in [1.54, 1.807) is 6.07 Å². The first-order chi connectivity index (χ1) is 13.4. The molecule has 28 heavy (non-hydrogen) atoms. The molecule has 3 heterocycles. The molecule has 2 atom stereocenters. The van der Waals surface area contributed by atoms with Gasteiger partial charge in [-0.05, 0) is 19.3 Å². The summed E-state index contributed by atoms with van der Waals surface area (Å²) in [6.45, 7) is 0. The van der Waals surface area contributed by atoms with Gasteiger partial charge in [0.1, 0.15) is 5.82 Å². The summed E-state index contributed by atoms with van der Waals surface area (Å²) in [5.41, 5.74) is -0.863. The Hall–Kier alpha value is -2.98. The van der Waals surface area contributed by atoms with Crippen LogP contribution >= 0.6 is 0 Å². The fourth-order valence-corrected chi connectivity index (χ4v) is 3.47. The lowest BCUT2D eigenvalue weighted by Crippen LogP contribution is -2.28. The normalized spacial score (nSPS) is 20.3. The Labute approximate surface area is 158 Å². The number of ether oxygens (including phenoxy) is 1. The third-order valence-corrected chi connectivity index (χ3v) is 4.84. The highest BCUT2D eigenvalue weighted by Gasteiger charge is 2.32. The third-order valence-electron chi connectivity index (χ3n) is 4.84. The van der Waals surface area contributed by atoms with E-state index in [0.717, 1.165) is 43.9 Å². The predicted molar refractivity (Wildman–Crippen MR) is 93.0 cm³/mol. The molecule has 4 rings (SSSR count). The highest BCUT2D eigenvalue weighted by atomic mass is 19.4. The lowest BCUT2D eigenvalue weighted by molar-refractivity contribution is -0.138. The number of rotatable bonds is 4. The van der Waals surface area contributed by atoms with Crippen LogP contribution in [-0.4, -0.2) is 42.7 Å². The first kappa shape index (κ1) is 18.4. The largest absolute Gasteiger partial charge is 0.481 e. The maximum Gasteiger partial charge on any atom is 0.419 e. The lowest BCUT2D eigenvalue weighted by Gasteiger charge is -2.28. The van der Waals surface area contributed by atoms with Crippen LogP contribution in [-0.2, 0) is 6.18 Å². The molecule has 1 aliphatic carbocycles. The van der Waals surface area contributed by atoms with Gasteiger partial charge in [0, 0.05) is 36.6 Å². The Balaban J connectivity index is 1.47. The molecule has 148 valence electrons. The van der Waals surface area contributed by atoms with E-state index in [1.165, 1.54) is 7.11 Å². The van der Waals surface area contributed by atoms with Gasteiger partial charge in [0.25, 0.3) is 5.78 Å². The van der Waals surface area contributed by atoms with Gasteiger partial charge in [-0.3, -0.25) is 4.40 Å². The van der Waals surface area contributed by atoms with E-state index in [0.29, 0.717) is 11.7 Å². The van der Waals surface area contributed by atoms with Gasteiger partial charge in [0.15, 0.2) is 0 Å². The van der Waals surface area contributed by atoms with Crippen LogP contribution in [0, 0.1) is 0 Å². The molecule has 0 radical (unpaired) electrons. The second kappa shape index (κ2) is 7.21. The number of nitrogens with one attached hydrogen (secondary N) is 1. The second-order valence-electron chi connectivity index (χ2n) is 6.70. The van der Waals surface area contributed by atoms with Gasteiger partial charge in [-0.1, -0.05) is 6.42 Å². The minimum absolute atomic E-state index is 0.0362. The number of alkyl halides is 3. The van der Waals surface area contributed by atoms with Crippen molar-refractivity contribution < 1.29 is 17.9 Å². The fraction of sp³-hybridized carbons (Fsp3) is 0.471. The Morgan fingerprint density at radius 2 is 1.96 bits per heavy atom. The SMILES string of the molecule is COc1ccn2c([C@H]3CCC[C@@H](Nc4ncc(C(F)(F)F)cn4)C3)nnc2n1. The zero-order chi connectivity index (χ0) is 19.7. The molecule has 8 nitrogen and oxygen atoms in total. The van der Waals surface area contributed by atoms with Crippen molar-refractivity contribution >= 4 is 11.7 Å². The van der Waals surface area contributed by atoms with E-state index in [4.69, 9.17) is 4.74 Å². The molecule has 11 heteroatoms. The molecule has 0 amide bonds. The van der Waals surface area contributed by atoms with Gasteiger partial charge < -0.3 is 10.1 Å². The third kappa shape index (κ3) is 3.69. The zero-order valence-corrected chi connectivity index (χ0v) is 15.0. The number of anilines is 1. The Morgan fingerprint density at radius 3 is 2.68 bits per heavy atom. The van der Waals surface area contributed by atoms with E-state index < -0.39 is 11.7 Å². The molecule has 3 aromatic rings. The summed E-state index contributed by atoms with van der Waals surface area (Å²) in [6.07, 6.45) is 2.48. The van der Waals surface area contributed by atoms with Gasteiger partial charge >= 0.3 is 6.18 Å². The molecule has 0 aliphatic heterocycles. The van der Waals surface area contributed by atoms with Crippen molar-refractivity contribution in [2.75, 3.05) is 12.4 Å². The van der Waals surface area contributed by atoms with Crippen LogP contribution in [0.4, 0.5) is 19.1 Å². The topological polar surface area (TPSA) is 90.1 Å². The van der Waals surface area contributed by atoms with Crippen molar-refractivity contribution in [3.63, 3.8) is 0 Å². The molecule has 0 unspecified atom stereocenters. The summed E-state index contributed by atoms with van der Waals surface area (Å²) in [5, 5.41) is 11.5. The Kier molecular flexibility index (Phi) is 4.73. The number of hydrogen-bond donors (Lipinski definition) is 1. The quantitative estimate of drug-likeness (QED) is 0.728. The molecule has 0 saturated heterocycles. The lowest BCUT2D eigenvalue weighted by atomic mass is 9.85. The maximum absolute atomic E-state index is 12.6. The summed E-state index contributed by atoms with van der Waals surface area (Å²) in [6, 6.07) is 1.78. The smallest absolute Gasteiger partial charge is 0.419 e. The van der Waals surface area contributed by atoms with Crippen LogP contribution in [0.5, 0.6) is 5.88 Å². The van der Waals surface area contributed by atoms with Crippen molar-refractivity contribution in [1.82, 2.24) is 29.5 Å². The molecule has 1 saturated carbocycles. The highest BCUT2D eigenvalue weighted by molar-refractivity contribution is 5.33. The van der Waals surface area contributed by atoms with Crippen LogP contribution in [0.2, 0.25) is 0 Å². The van der Waals surface area contributed by atoms with E-state index in [-0.39, 0.29) is 17.9 Å². The average molecular weight is 393 g/mol. The van der Waals surface area contributed by atoms with Gasteiger partial charge in [0.05, 0.1) is 12.7 Å². The number of methoxy groups -OCH3 is 1. The van der Waals surface area contributed by atoms with Gasteiger partial charge in [-0.15, -0.1) is 10.2 Å². The zero-order valence-electron chi connectivity index (χ0n) is 15.0. The van der Waals surface area contributed by atoms with Gasteiger partial charge in [-0.2, -0.15) is 18.2 Å². The number of halogens is 3. The number of aromatic nitrogens is 6. The fourth-order valence-electron chi connectivity index (χ4n) is 3.47. The number of nitrogens with zero attached hydrogens (tertiary/aromatic N) is 6. The highest BCUT2D eigenvalue weighted by Crippen LogP contribution is 2.33. The Morgan fingerprint density at radius 1 is 1.18 bits per heavy atom. The summed E-state index contributed by atoms with van der Waals surface area (Å²) >= 11 is 0. The van der Waals surface area contributed by atoms with Crippen molar-refractivity contribution in [3.8, 4) is 5.88 Å². The van der Waals surface area contributed by atoms with E-state index in [2.05, 4.69) is 30.5 Å². The van der Waals surface area contributed by atoms with Crippen LogP contribution in [0.15, 0.2) is 24.7 Å². The molecule has 1 aliphatic rings. The number of fused-ring (bicyclic) bond motifs is 1. The monoisotopic (exact) mass is 393 g/mol. The summed E-state index contributed by atoms with van der Waals surface area (Å²) < 4.78 is 44.8. The van der Waals surface area contributed by atoms with E-state index >= 15 is 0 Å². The molecule has 0 spiro atoms. The van der Waals surface area contributed by atoms with Crippen LogP contribution in [0.1, 0.15) is 43.0 Å². The van der Waals surface area contributed by atoms with E-state index in [9.17, 15) is 13.2 Å². The van der Waals surface area contributed by atoms with Crippen molar-refractivity contribution in [1.29, 1.82) is 0 Å². The first-order valence-corrected chi connectivity index (χ1v) is 8.85. The van der Waals surface area contributed by atoms with Crippen molar-refractivity contribution in [3.05, 3.63) is 36.0 Å². The average Bonchev–Trinajstić information content (AvgIpc) is 3.11. The molecule has 0 bridgehead atoms. The molecule has 0 aromatic carbocycles. The van der Waals surface area contributed by atoms with Gasteiger partial charge in [-0.25, -0.2) is 9.97 Å². The van der Waals surface area contributed by atoms with Crippen LogP contribution in [0.25, 0.3) is 5.78 Å². The van der Waals surface area contributed by atoms with Crippen molar-refractivity contribution in [2.45, 2.75) is 43.8 Å². The molecule has 3 aromatic heterocycles. The Bertz CT molecular complexity index is 958. The first-order valence-electron chi connectivity index (χ1n) is 8.85.